The van der Waals surface area contributed by atoms with Crippen LogP contribution in [0.5, 0.6) is 0 Å². The predicted molar refractivity (Wildman–Crippen MR) is 101 cm³/mol. The van der Waals surface area contributed by atoms with Crippen LogP contribution in [0.2, 0.25) is 0 Å². The van der Waals surface area contributed by atoms with E-state index in [9.17, 15) is 9.59 Å². The van der Waals surface area contributed by atoms with Crippen molar-refractivity contribution in [3.05, 3.63) is 52.2 Å². The zero-order chi connectivity index (χ0) is 18.2. The highest BCUT2D eigenvalue weighted by molar-refractivity contribution is 7.10. The third-order valence-corrected chi connectivity index (χ3v) is 4.76. The number of ether oxygens (including phenoxy) is 1. The zero-order valence-electron chi connectivity index (χ0n) is 14.9. The fourth-order valence-electron chi connectivity index (χ4n) is 2.45. The summed E-state index contributed by atoms with van der Waals surface area (Å²) in [5, 5.41) is 2.05. The summed E-state index contributed by atoms with van der Waals surface area (Å²) in [7, 11) is 1.91. The lowest BCUT2D eigenvalue weighted by molar-refractivity contribution is -0.142. The molecule has 0 saturated carbocycles. The number of esters is 1. The maximum Gasteiger partial charge on any atom is 0.326 e. The summed E-state index contributed by atoms with van der Waals surface area (Å²) in [6, 6.07) is 11.3. The van der Waals surface area contributed by atoms with E-state index in [-0.39, 0.29) is 19.0 Å². The van der Waals surface area contributed by atoms with Crippen LogP contribution in [0.3, 0.4) is 0 Å². The molecule has 2 aromatic rings. The fraction of sp³-hybridized carbons (Fsp3) is 0.368. The molecule has 1 aromatic carbocycles. The second-order valence-electron chi connectivity index (χ2n) is 5.82. The van der Waals surface area contributed by atoms with Gasteiger partial charge in [0.1, 0.15) is 6.54 Å². The van der Waals surface area contributed by atoms with Crippen LogP contribution in [0.4, 0.5) is 5.69 Å². The molecule has 0 saturated heterocycles. The topological polar surface area (TPSA) is 49.9 Å². The van der Waals surface area contributed by atoms with Gasteiger partial charge in [0.05, 0.1) is 13.2 Å². The van der Waals surface area contributed by atoms with Crippen molar-refractivity contribution in [2.24, 2.45) is 0 Å². The second-order valence-corrected chi connectivity index (χ2v) is 6.82. The number of aryl methyl sites for hydroxylation is 1. The highest BCUT2D eigenvalue weighted by atomic mass is 32.1. The van der Waals surface area contributed by atoms with Gasteiger partial charge in [0, 0.05) is 17.1 Å². The van der Waals surface area contributed by atoms with E-state index in [4.69, 9.17) is 4.74 Å². The number of para-hydroxylation sites is 1. The van der Waals surface area contributed by atoms with Crippen molar-refractivity contribution in [2.75, 3.05) is 31.6 Å². The molecule has 0 unspecified atom stereocenters. The van der Waals surface area contributed by atoms with Gasteiger partial charge in [0.25, 0.3) is 0 Å². The second kappa shape index (κ2) is 9.34. The monoisotopic (exact) mass is 360 g/mol. The number of benzene rings is 1. The van der Waals surface area contributed by atoms with E-state index >= 15 is 0 Å². The molecule has 0 fully saturated rings. The number of thiophene rings is 1. The SMILES string of the molecule is CCOC(=O)CN(C(=O)CN(C)Cc1sccc1C)c1ccccc1. The Hall–Kier alpha value is -2.18. The van der Waals surface area contributed by atoms with Crippen molar-refractivity contribution in [3.63, 3.8) is 0 Å². The van der Waals surface area contributed by atoms with Crippen LogP contribution in [0, 0.1) is 6.92 Å². The third kappa shape index (κ3) is 5.69. The predicted octanol–water partition coefficient (Wildman–Crippen LogP) is 3.08. The summed E-state index contributed by atoms with van der Waals surface area (Å²) in [4.78, 5) is 29.4. The fourth-order valence-corrected chi connectivity index (χ4v) is 3.44. The highest BCUT2D eigenvalue weighted by Gasteiger charge is 2.21. The largest absolute Gasteiger partial charge is 0.465 e. The maximum absolute atomic E-state index is 12.8. The summed E-state index contributed by atoms with van der Waals surface area (Å²) in [5.41, 5.74) is 1.93. The third-order valence-electron chi connectivity index (χ3n) is 3.75. The maximum atomic E-state index is 12.8. The first-order valence-corrected chi connectivity index (χ1v) is 9.11. The van der Waals surface area contributed by atoms with Gasteiger partial charge in [-0.25, -0.2) is 0 Å². The van der Waals surface area contributed by atoms with Crippen LogP contribution in [-0.4, -0.2) is 43.5 Å². The van der Waals surface area contributed by atoms with Gasteiger partial charge in [-0.2, -0.15) is 0 Å². The van der Waals surface area contributed by atoms with Gasteiger partial charge in [-0.15, -0.1) is 11.3 Å². The van der Waals surface area contributed by atoms with Gasteiger partial charge in [0.15, 0.2) is 0 Å². The van der Waals surface area contributed by atoms with Crippen LogP contribution >= 0.6 is 11.3 Å². The standard InChI is InChI=1S/C19H24N2O3S/c1-4-24-19(23)14-21(16-8-6-5-7-9-16)18(22)13-20(3)12-17-15(2)10-11-25-17/h5-11H,4,12-14H2,1-3H3. The normalized spacial score (nSPS) is 10.7. The number of carbonyl (C=O) groups is 2. The van der Waals surface area contributed by atoms with Gasteiger partial charge < -0.3 is 9.64 Å². The zero-order valence-corrected chi connectivity index (χ0v) is 15.7. The van der Waals surface area contributed by atoms with Crippen molar-refractivity contribution < 1.29 is 14.3 Å². The molecule has 0 N–H and O–H groups in total. The number of carbonyl (C=O) groups excluding carboxylic acids is 2. The van der Waals surface area contributed by atoms with Crippen molar-refractivity contribution in [2.45, 2.75) is 20.4 Å². The Morgan fingerprint density at radius 2 is 1.84 bits per heavy atom. The molecule has 2 rings (SSSR count). The highest BCUT2D eigenvalue weighted by Crippen LogP contribution is 2.18. The number of anilines is 1. The Kier molecular flexibility index (Phi) is 7.16. The van der Waals surface area contributed by atoms with Crippen LogP contribution in [-0.2, 0) is 20.9 Å². The van der Waals surface area contributed by atoms with Gasteiger partial charge >= 0.3 is 5.97 Å². The Bertz CT molecular complexity index is 700. The summed E-state index contributed by atoms with van der Waals surface area (Å²) in [6.07, 6.45) is 0. The van der Waals surface area contributed by atoms with Crippen molar-refractivity contribution in [1.82, 2.24) is 4.90 Å². The summed E-state index contributed by atoms with van der Waals surface area (Å²) >= 11 is 1.69. The molecule has 0 spiro atoms. The molecule has 0 bridgehead atoms. The number of nitrogens with zero attached hydrogens (tertiary/aromatic N) is 2. The first kappa shape index (κ1) is 19.1. The van der Waals surface area contributed by atoms with E-state index in [1.165, 1.54) is 15.3 Å². The molecule has 0 radical (unpaired) electrons. The van der Waals surface area contributed by atoms with E-state index in [0.29, 0.717) is 18.8 Å². The van der Waals surface area contributed by atoms with E-state index in [1.54, 1.807) is 18.3 Å². The minimum Gasteiger partial charge on any atom is -0.465 e. The lowest BCUT2D eigenvalue weighted by Gasteiger charge is -2.25. The van der Waals surface area contributed by atoms with Crippen LogP contribution in [0.25, 0.3) is 0 Å². The number of rotatable bonds is 8. The Morgan fingerprint density at radius 3 is 2.44 bits per heavy atom. The quantitative estimate of drug-likeness (QED) is 0.679. The first-order valence-electron chi connectivity index (χ1n) is 8.23. The van der Waals surface area contributed by atoms with Crippen LogP contribution < -0.4 is 4.90 Å². The number of amides is 1. The average Bonchev–Trinajstić information content (AvgIpc) is 2.98. The number of hydrogen-bond acceptors (Lipinski definition) is 5. The lowest BCUT2D eigenvalue weighted by atomic mass is 10.2. The molecule has 5 nitrogen and oxygen atoms in total. The Morgan fingerprint density at radius 1 is 1.12 bits per heavy atom. The molecular formula is C19H24N2O3S. The van der Waals surface area contributed by atoms with Crippen molar-refractivity contribution >= 4 is 28.9 Å². The van der Waals surface area contributed by atoms with Gasteiger partial charge in [-0.05, 0) is 50.0 Å². The summed E-state index contributed by atoms with van der Waals surface area (Å²) in [5.74, 6) is -0.535. The smallest absolute Gasteiger partial charge is 0.326 e. The van der Waals surface area contributed by atoms with Gasteiger partial charge in [-0.3, -0.25) is 14.5 Å². The average molecular weight is 360 g/mol. The molecule has 1 amide bonds. The first-order chi connectivity index (χ1) is 12.0. The summed E-state index contributed by atoms with van der Waals surface area (Å²) in [6.45, 7) is 4.97. The number of hydrogen-bond donors (Lipinski definition) is 0. The van der Waals surface area contributed by atoms with Crippen LogP contribution in [0.15, 0.2) is 41.8 Å². The molecule has 25 heavy (non-hydrogen) atoms. The lowest BCUT2D eigenvalue weighted by Crippen LogP contribution is -2.42. The van der Waals surface area contributed by atoms with Gasteiger partial charge in [0.2, 0.25) is 5.91 Å². The molecular weight excluding hydrogens is 336 g/mol. The molecule has 0 aliphatic heterocycles. The molecule has 0 atom stereocenters. The minimum atomic E-state index is -0.406. The minimum absolute atomic E-state index is 0.0808. The molecule has 1 aromatic heterocycles. The number of likely N-dealkylation sites (N-methyl/N-ethyl adjacent to an activating group) is 1. The molecule has 134 valence electrons. The van der Waals surface area contributed by atoms with Crippen molar-refractivity contribution in [1.29, 1.82) is 0 Å². The van der Waals surface area contributed by atoms with Crippen LogP contribution in [0.1, 0.15) is 17.4 Å². The van der Waals surface area contributed by atoms with Gasteiger partial charge in [-0.1, -0.05) is 18.2 Å². The molecule has 0 aliphatic carbocycles. The van der Waals surface area contributed by atoms with E-state index in [2.05, 4.69) is 18.4 Å². The molecule has 6 heteroatoms. The molecule has 0 aliphatic rings. The van der Waals surface area contributed by atoms with E-state index < -0.39 is 5.97 Å². The van der Waals surface area contributed by atoms with E-state index in [0.717, 1.165) is 0 Å². The Labute approximate surface area is 152 Å². The van der Waals surface area contributed by atoms with Crippen molar-refractivity contribution in [3.8, 4) is 0 Å². The van der Waals surface area contributed by atoms with E-state index in [1.807, 2.05) is 42.3 Å². The summed E-state index contributed by atoms with van der Waals surface area (Å²) < 4.78 is 5.01. The molecule has 1 heterocycles. The Balaban J connectivity index is 2.06.